The number of likely N-dealkylation sites (tertiary alicyclic amines) is 1. The Morgan fingerprint density at radius 2 is 1.97 bits per heavy atom. The molecular weight excluding hydrogens is 487 g/mol. The average Bonchev–Trinajstić information content (AvgIpc) is 3.50. The zero-order chi connectivity index (χ0) is 26.7. The van der Waals surface area contributed by atoms with Crippen molar-refractivity contribution in [2.75, 3.05) is 37.7 Å². The van der Waals surface area contributed by atoms with Crippen LogP contribution in [0.4, 0.5) is 19.2 Å². The number of alkyl halides is 2. The fourth-order valence-electron chi connectivity index (χ4n) is 4.95. The zero-order valence-electron chi connectivity index (χ0n) is 21.6. The van der Waals surface area contributed by atoms with Crippen LogP contribution in [0.5, 0.6) is 5.75 Å². The van der Waals surface area contributed by atoms with Gasteiger partial charge in [-0.25, -0.2) is 13.2 Å². The predicted octanol–water partition coefficient (Wildman–Crippen LogP) is 4.52. The van der Waals surface area contributed by atoms with Gasteiger partial charge in [-0.1, -0.05) is 32.0 Å². The van der Waals surface area contributed by atoms with Crippen molar-refractivity contribution in [1.29, 1.82) is 0 Å². The largest absolute Gasteiger partial charge is 0.493 e. The number of piperidine rings is 1. The maximum Gasteiger partial charge on any atom is 0.324 e. The number of rotatable bonds is 9. The van der Waals surface area contributed by atoms with Gasteiger partial charge in [0.2, 0.25) is 5.91 Å². The summed E-state index contributed by atoms with van der Waals surface area (Å²) >= 11 is 0. The van der Waals surface area contributed by atoms with E-state index >= 15 is 0 Å². The molecule has 8 nitrogen and oxygen atoms in total. The van der Waals surface area contributed by atoms with Crippen molar-refractivity contribution in [1.82, 2.24) is 15.0 Å². The molecule has 2 fully saturated rings. The molecule has 2 aliphatic rings. The third-order valence-electron chi connectivity index (χ3n) is 7.46. The van der Waals surface area contributed by atoms with Crippen LogP contribution in [0.15, 0.2) is 22.7 Å². The minimum absolute atomic E-state index is 0.0329. The molecule has 2 atom stereocenters. The van der Waals surface area contributed by atoms with Crippen LogP contribution in [-0.2, 0) is 4.79 Å². The van der Waals surface area contributed by atoms with Crippen molar-refractivity contribution in [3.63, 3.8) is 0 Å². The van der Waals surface area contributed by atoms with Crippen LogP contribution in [-0.4, -0.2) is 59.7 Å². The number of halogens is 3. The van der Waals surface area contributed by atoms with E-state index in [0.29, 0.717) is 30.2 Å². The first kappa shape index (κ1) is 27.2. The Morgan fingerprint density at radius 3 is 2.57 bits per heavy atom. The first-order valence-corrected chi connectivity index (χ1v) is 13.0. The van der Waals surface area contributed by atoms with Crippen molar-refractivity contribution in [2.24, 2.45) is 17.6 Å². The SMILES string of the molecule is CC(C)c1noc(N2CCC([C@H](C)CCOc3ccc([C@@H](N)C(=O)N4CCC(F)(F)C4)c(F)c3)CC2)n1. The van der Waals surface area contributed by atoms with E-state index in [1.54, 1.807) is 6.07 Å². The van der Waals surface area contributed by atoms with Crippen LogP contribution >= 0.6 is 0 Å². The normalized spacial score (nSPS) is 19.9. The molecule has 0 spiro atoms. The molecule has 4 rings (SSSR count). The van der Waals surface area contributed by atoms with Gasteiger partial charge in [-0.15, -0.1) is 0 Å². The molecule has 2 aromatic rings. The lowest BCUT2D eigenvalue weighted by Crippen LogP contribution is -2.38. The summed E-state index contributed by atoms with van der Waals surface area (Å²) in [4.78, 5) is 20.1. The number of nitrogens with two attached hydrogens (primary N) is 1. The molecule has 0 aliphatic carbocycles. The fraction of sp³-hybridized carbons (Fsp3) is 0.654. The standard InChI is InChI=1S/C26H36F3N5O3/c1-16(2)23-31-25(37-32-23)33-10-6-18(7-11-33)17(3)8-13-36-19-4-5-20(21(27)14-19)22(30)24(35)34-12-9-26(28,29)15-34/h4-5,14,16-18,22H,6-13,15,30H2,1-3H3/t17-,22-/m1/s1. The number of carbonyl (C=O) groups excluding carboxylic acids is 1. The van der Waals surface area contributed by atoms with Crippen LogP contribution < -0.4 is 15.4 Å². The van der Waals surface area contributed by atoms with E-state index in [4.69, 9.17) is 15.0 Å². The van der Waals surface area contributed by atoms with Gasteiger partial charge in [0, 0.05) is 43.6 Å². The Balaban J connectivity index is 1.22. The molecule has 2 N–H and O–H groups in total. The summed E-state index contributed by atoms with van der Waals surface area (Å²) < 4.78 is 52.7. The molecule has 0 radical (unpaired) electrons. The van der Waals surface area contributed by atoms with E-state index in [9.17, 15) is 18.0 Å². The Labute approximate surface area is 215 Å². The Bertz CT molecular complexity index is 1070. The summed E-state index contributed by atoms with van der Waals surface area (Å²) in [6, 6.07) is 3.40. The maximum atomic E-state index is 14.7. The molecule has 0 saturated carbocycles. The highest BCUT2D eigenvalue weighted by Gasteiger charge is 2.41. The number of hydrogen-bond acceptors (Lipinski definition) is 7. The topological polar surface area (TPSA) is 97.7 Å². The molecule has 0 bridgehead atoms. The number of carbonyl (C=O) groups is 1. The van der Waals surface area contributed by atoms with Gasteiger partial charge >= 0.3 is 6.01 Å². The Kier molecular flexibility index (Phi) is 8.30. The van der Waals surface area contributed by atoms with E-state index < -0.39 is 36.7 Å². The van der Waals surface area contributed by atoms with Gasteiger partial charge < -0.3 is 24.8 Å². The molecule has 0 unspecified atom stereocenters. The third kappa shape index (κ3) is 6.55. The van der Waals surface area contributed by atoms with Crippen LogP contribution in [0, 0.1) is 17.7 Å². The smallest absolute Gasteiger partial charge is 0.324 e. The summed E-state index contributed by atoms with van der Waals surface area (Å²) in [5, 5.41) is 4.04. The van der Waals surface area contributed by atoms with Crippen molar-refractivity contribution in [2.45, 2.75) is 64.3 Å². The second-order valence-corrected chi connectivity index (χ2v) is 10.6. The molecule has 1 aromatic heterocycles. The summed E-state index contributed by atoms with van der Waals surface area (Å²) in [6.07, 6.45) is 2.43. The minimum atomic E-state index is -2.93. The van der Waals surface area contributed by atoms with Gasteiger partial charge in [0.25, 0.3) is 5.92 Å². The van der Waals surface area contributed by atoms with Gasteiger partial charge in [0.1, 0.15) is 17.6 Å². The van der Waals surface area contributed by atoms with Gasteiger partial charge in [0.05, 0.1) is 13.2 Å². The van der Waals surface area contributed by atoms with Crippen LogP contribution in [0.2, 0.25) is 0 Å². The van der Waals surface area contributed by atoms with Crippen molar-refractivity contribution in [3.8, 4) is 5.75 Å². The van der Waals surface area contributed by atoms with Crippen LogP contribution in [0.1, 0.15) is 69.8 Å². The highest BCUT2D eigenvalue weighted by Crippen LogP contribution is 2.31. The van der Waals surface area contributed by atoms with E-state index in [0.717, 1.165) is 43.1 Å². The summed E-state index contributed by atoms with van der Waals surface area (Å²) in [6.45, 7) is 7.63. The molecular formula is C26H36F3N5O3. The number of nitrogens with zero attached hydrogens (tertiary/aromatic N) is 4. The Morgan fingerprint density at radius 1 is 1.24 bits per heavy atom. The van der Waals surface area contributed by atoms with Crippen molar-refractivity contribution in [3.05, 3.63) is 35.4 Å². The molecule has 204 valence electrons. The van der Waals surface area contributed by atoms with E-state index in [1.165, 1.54) is 12.1 Å². The monoisotopic (exact) mass is 523 g/mol. The van der Waals surface area contributed by atoms with Gasteiger partial charge in [0.15, 0.2) is 5.82 Å². The summed E-state index contributed by atoms with van der Waals surface area (Å²) in [5.41, 5.74) is 5.87. The van der Waals surface area contributed by atoms with E-state index in [-0.39, 0.29) is 18.0 Å². The summed E-state index contributed by atoms with van der Waals surface area (Å²) in [7, 11) is 0. The second kappa shape index (κ2) is 11.3. The van der Waals surface area contributed by atoms with E-state index in [2.05, 4.69) is 22.0 Å². The zero-order valence-corrected chi connectivity index (χ0v) is 21.6. The third-order valence-corrected chi connectivity index (χ3v) is 7.46. The second-order valence-electron chi connectivity index (χ2n) is 10.6. The minimum Gasteiger partial charge on any atom is -0.493 e. The number of hydrogen-bond donors (Lipinski definition) is 1. The lowest BCUT2D eigenvalue weighted by atomic mass is 9.84. The first-order valence-electron chi connectivity index (χ1n) is 13.0. The quantitative estimate of drug-likeness (QED) is 0.516. The van der Waals surface area contributed by atoms with Gasteiger partial charge in [-0.3, -0.25) is 4.79 Å². The molecule has 3 heterocycles. The van der Waals surface area contributed by atoms with E-state index in [1.807, 2.05) is 13.8 Å². The highest BCUT2D eigenvalue weighted by atomic mass is 19.3. The summed E-state index contributed by atoms with van der Waals surface area (Å²) in [5.74, 6) is -2.07. The lowest BCUT2D eigenvalue weighted by molar-refractivity contribution is -0.133. The molecule has 1 aromatic carbocycles. The Hall–Kier alpha value is -2.82. The average molecular weight is 524 g/mol. The van der Waals surface area contributed by atoms with Crippen molar-refractivity contribution >= 4 is 11.9 Å². The number of benzene rings is 1. The number of aromatic nitrogens is 2. The van der Waals surface area contributed by atoms with Crippen molar-refractivity contribution < 1.29 is 27.2 Å². The van der Waals surface area contributed by atoms with Crippen LogP contribution in [0.3, 0.4) is 0 Å². The fourth-order valence-corrected chi connectivity index (χ4v) is 4.95. The molecule has 2 aliphatic heterocycles. The lowest BCUT2D eigenvalue weighted by Gasteiger charge is -2.33. The van der Waals surface area contributed by atoms with Crippen LogP contribution in [0.25, 0.3) is 0 Å². The highest BCUT2D eigenvalue weighted by molar-refractivity contribution is 5.83. The predicted molar refractivity (Wildman–Crippen MR) is 132 cm³/mol. The molecule has 37 heavy (non-hydrogen) atoms. The maximum absolute atomic E-state index is 14.7. The van der Waals surface area contributed by atoms with Gasteiger partial charge in [-0.05, 0) is 37.2 Å². The first-order chi connectivity index (χ1) is 17.5. The molecule has 11 heteroatoms. The molecule has 2 saturated heterocycles. The number of anilines is 1. The number of amides is 1. The molecule has 1 amide bonds. The number of ether oxygens (including phenoxy) is 1. The van der Waals surface area contributed by atoms with Gasteiger partial charge in [-0.2, -0.15) is 4.98 Å².